The summed E-state index contributed by atoms with van der Waals surface area (Å²) in [4.78, 5) is 16.3. The third-order valence-electron chi connectivity index (χ3n) is 4.08. The summed E-state index contributed by atoms with van der Waals surface area (Å²) in [6.07, 6.45) is 1.08. The average molecular weight is 402 g/mol. The van der Waals surface area contributed by atoms with Crippen molar-refractivity contribution in [2.75, 3.05) is 7.11 Å². The number of alkyl carbamates (subject to hydrolysis) is 1. The summed E-state index contributed by atoms with van der Waals surface area (Å²) in [5.41, 5.74) is 2.78. The lowest BCUT2D eigenvalue weighted by Crippen LogP contribution is -2.34. The maximum absolute atomic E-state index is 12.2. The smallest absolute Gasteiger partial charge is 0.408 e. The minimum Gasteiger partial charge on any atom is -0.496 e. The van der Waals surface area contributed by atoms with E-state index in [4.69, 9.17) is 26.3 Å². The Hall–Kier alpha value is -2.78. The van der Waals surface area contributed by atoms with Crippen molar-refractivity contribution in [3.8, 4) is 22.9 Å². The number of pyridine rings is 1. The molecule has 1 N–H and O–H groups in total. The predicted molar refractivity (Wildman–Crippen MR) is 108 cm³/mol. The molecule has 1 atom stereocenters. The fourth-order valence-electron chi connectivity index (χ4n) is 2.80. The van der Waals surface area contributed by atoms with E-state index < -0.39 is 17.7 Å². The second-order valence-corrected chi connectivity index (χ2v) is 7.80. The third-order valence-corrected chi connectivity index (χ3v) is 4.47. The van der Waals surface area contributed by atoms with Crippen LogP contribution in [0.25, 0.3) is 11.1 Å². The molecule has 0 aliphatic carbocycles. The van der Waals surface area contributed by atoms with Gasteiger partial charge in [0.25, 0.3) is 0 Å². The number of halogens is 1. The predicted octanol–water partition coefficient (Wildman–Crippen LogP) is 5.18. The Morgan fingerprint density at radius 1 is 1.36 bits per heavy atom. The third kappa shape index (κ3) is 4.93. The highest BCUT2D eigenvalue weighted by Gasteiger charge is 2.24. The van der Waals surface area contributed by atoms with E-state index in [9.17, 15) is 4.79 Å². The number of benzene rings is 1. The molecule has 0 fully saturated rings. The van der Waals surface area contributed by atoms with Crippen LogP contribution in [0.5, 0.6) is 5.75 Å². The van der Waals surface area contributed by atoms with Crippen molar-refractivity contribution in [1.82, 2.24) is 10.3 Å². The van der Waals surface area contributed by atoms with Crippen LogP contribution < -0.4 is 10.1 Å². The van der Waals surface area contributed by atoms with Crippen LogP contribution >= 0.6 is 11.6 Å². The van der Waals surface area contributed by atoms with Gasteiger partial charge in [0, 0.05) is 27.9 Å². The molecule has 1 amide bonds. The number of nitriles is 1. The van der Waals surface area contributed by atoms with Crippen molar-refractivity contribution in [1.29, 1.82) is 5.26 Å². The first-order valence-electron chi connectivity index (χ1n) is 8.80. The van der Waals surface area contributed by atoms with Crippen LogP contribution in [0.15, 0.2) is 24.4 Å². The van der Waals surface area contributed by atoms with Gasteiger partial charge < -0.3 is 14.8 Å². The second-order valence-electron chi connectivity index (χ2n) is 7.39. The zero-order chi connectivity index (χ0) is 21.1. The molecule has 0 unspecified atom stereocenters. The van der Waals surface area contributed by atoms with Crippen molar-refractivity contribution in [3.63, 3.8) is 0 Å². The first-order chi connectivity index (χ1) is 13.1. The summed E-state index contributed by atoms with van der Waals surface area (Å²) in [5.74, 6) is 0.581. The first kappa shape index (κ1) is 21.5. The lowest BCUT2D eigenvalue weighted by molar-refractivity contribution is 0.0507. The highest BCUT2D eigenvalue weighted by Crippen LogP contribution is 2.42. The molecule has 0 saturated heterocycles. The van der Waals surface area contributed by atoms with Crippen molar-refractivity contribution in [2.24, 2.45) is 0 Å². The number of ether oxygens (including phenoxy) is 2. The molecule has 1 aromatic carbocycles. The molecule has 148 valence electrons. The number of nitrogens with zero attached hydrogens (tertiary/aromatic N) is 2. The van der Waals surface area contributed by atoms with E-state index in [0.717, 1.165) is 16.7 Å². The number of hydrogen-bond acceptors (Lipinski definition) is 5. The van der Waals surface area contributed by atoms with Gasteiger partial charge in [0.05, 0.1) is 13.2 Å². The van der Waals surface area contributed by atoms with Crippen LogP contribution in [0.1, 0.15) is 50.6 Å². The summed E-state index contributed by atoms with van der Waals surface area (Å²) in [6, 6.07) is 6.80. The Morgan fingerprint density at radius 3 is 2.54 bits per heavy atom. The first-order valence-corrected chi connectivity index (χ1v) is 9.18. The molecule has 28 heavy (non-hydrogen) atoms. The van der Waals surface area contributed by atoms with Crippen molar-refractivity contribution < 1.29 is 14.3 Å². The molecule has 6 nitrogen and oxygen atoms in total. The van der Waals surface area contributed by atoms with Crippen LogP contribution in [0.2, 0.25) is 5.02 Å². The van der Waals surface area contributed by atoms with Gasteiger partial charge in [-0.25, -0.2) is 9.78 Å². The number of hydrogen-bond donors (Lipinski definition) is 1. The summed E-state index contributed by atoms with van der Waals surface area (Å²) >= 11 is 6.47. The Kier molecular flexibility index (Phi) is 6.52. The SMILES string of the molecule is COc1c([C@H](C)NC(=O)OC(C)(C)C)cc(Cl)c(C)c1-c1ccc(C#N)nc1. The quantitative estimate of drug-likeness (QED) is 0.763. The van der Waals surface area contributed by atoms with E-state index in [1.807, 2.05) is 19.9 Å². The Bertz CT molecular complexity index is 912. The molecule has 0 radical (unpaired) electrons. The van der Waals surface area contributed by atoms with Crippen LogP contribution in [0.3, 0.4) is 0 Å². The molecule has 1 heterocycles. The number of carbonyl (C=O) groups excluding carboxylic acids is 1. The fraction of sp³-hybridized carbons (Fsp3) is 0.381. The van der Waals surface area contributed by atoms with E-state index in [2.05, 4.69) is 10.3 Å². The van der Waals surface area contributed by atoms with Gasteiger partial charge >= 0.3 is 6.09 Å². The molecule has 1 aromatic heterocycles. The molecular weight excluding hydrogens is 378 g/mol. The van der Waals surface area contributed by atoms with Gasteiger partial charge in [0.2, 0.25) is 0 Å². The van der Waals surface area contributed by atoms with E-state index in [1.54, 1.807) is 52.3 Å². The van der Waals surface area contributed by atoms with Crippen LogP contribution in [0, 0.1) is 18.3 Å². The second kappa shape index (κ2) is 8.49. The number of amides is 1. The van der Waals surface area contributed by atoms with E-state index in [0.29, 0.717) is 22.0 Å². The summed E-state index contributed by atoms with van der Waals surface area (Å²) in [6.45, 7) is 9.12. The van der Waals surface area contributed by atoms with E-state index >= 15 is 0 Å². The molecule has 7 heteroatoms. The number of rotatable bonds is 4. The van der Waals surface area contributed by atoms with Gasteiger partial charge in [-0.2, -0.15) is 5.26 Å². The van der Waals surface area contributed by atoms with Crippen molar-refractivity contribution in [3.05, 3.63) is 46.2 Å². The molecule has 2 rings (SSSR count). The van der Waals surface area contributed by atoms with Gasteiger partial charge in [-0.05, 0) is 58.4 Å². The normalized spacial score (nSPS) is 12.1. The maximum atomic E-state index is 12.2. The highest BCUT2D eigenvalue weighted by atomic mass is 35.5. The summed E-state index contributed by atoms with van der Waals surface area (Å²) in [5, 5.41) is 12.3. The molecule has 2 aromatic rings. The Labute approximate surface area is 170 Å². The topological polar surface area (TPSA) is 84.2 Å². The number of aromatic nitrogens is 1. The Balaban J connectivity index is 2.49. The zero-order valence-corrected chi connectivity index (χ0v) is 17.6. The Morgan fingerprint density at radius 2 is 2.04 bits per heavy atom. The van der Waals surface area contributed by atoms with Gasteiger partial charge in [0.15, 0.2) is 0 Å². The molecule has 0 bridgehead atoms. The monoisotopic (exact) mass is 401 g/mol. The molecule has 0 saturated carbocycles. The fourth-order valence-corrected chi connectivity index (χ4v) is 3.02. The molecular formula is C21H24ClN3O3. The van der Waals surface area contributed by atoms with Gasteiger partial charge in [-0.1, -0.05) is 11.6 Å². The maximum Gasteiger partial charge on any atom is 0.408 e. The molecule has 0 aliphatic rings. The van der Waals surface area contributed by atoms with Crippen molar-refractivity contribution >= 4 is 17.7 Å². The standard InChI is InChI=1S/C21H24ClN3O3/c1-12-17(22)9-16(13(2)25-20(26)28-21(3,4)5)19(27-6)18(12)14-7-8-15(10-23)24-11-14/h7-9,11,13H,1-6H3,(H,25,26)/t13-/m0/s1. The lowest BCUT2D eigenvalue weighted by atomic mass is 9.94. The van der Waals surface area contributed by atoms with Gasteiger partial charge in [0.1, 0.15) is 23.1 Å². The summed E-state index contributed by atoms with van der Waals surface area (Å²) in [7, 11) is 1.56. The zero-order valence-electron chi connectivity index (χ0n) is 16.9. The summed E-state index contributed by atoms with van der Waals surface area (Å²) < 4.78 is 11.0. The number of nitrogens with one attached hydrogen (secondary N) is 1. The number of methoxy groups -OCH3 is 1. The van der Waals surface area contributed by atoms with Crippen molar-refractivity contribution in [2.45, 2.75) is 46.3 Å². The van der Waals surface area contributed by atoms with E-state index in [-0.39, 0.29) is 0 Å². The molecule has 0 aliphatic heterocycles. The molecule has 0 spiro atoms. The largest absolute Gasteiger partial charge is 0.496 e. The minimum atomic E-state index is -0.599. The van der Waals surface area contributed by atoms with Crippen LogP contribution in [-0.4, -0.2) is 23.8 Å². The van der Waals surface area contributed by atoms with E-state index in [1.165, 1.54) is 0 Å². The van der Waals surface area contributed by atoms with Gasteiger partial charge in [-0.15, -0.1) is 0 Å². The van der Waals surface area contributed by atoms with Gasteiger partial charge in [-0.3, -0.25) is 0 Å². The lowest BCUT2D eigenvalue weighted by Gasteiger charge is -2.24. The average Bonchev–Trinajstić information content (AvgIpc) is 2.61. The highest BCUT2D eigenvalue weighted by molar-refractivity contribution is 6.32. The number of carbonyl (C=O) groups is 1. The van der Waals surface area contributed by atoms with Crippen LogP contribution in [-0.2, 0) is 4.74 Å². The minimum absolute atomic E-state index is 0.322. The van der Waals surface area contributed by atoms with Crippen LogP contribution in [0.4, 0.5) is 4.79 Å².